The Hall–Kier alpha value is -1.36. The Kier molecular flexibility index (Phi) is 6.02. The van der Waals surface area contributed by atoms with Gasteiger partial charge in [-0.25, -0.2) is 13.6 Å². The van der Waals surface area contributed by atoms with Gasteiger partial charge in [-0.1, -0.05) is 18.2 Å². The monoisotopic (exact) mass is 291 g/mol. The van der Waals surface area contributed by atoms with Crippen LogP contribution in [0.3, 0.4) is 0 Å². The lowest BCUT2D eigenvalue weighted by Crippen LogP contribution is -2.41. The van der Waals surface area contributed by atoms with Crippen LogP contribution in [0.5, 0.6) is 5.75 Å². The third kappa shape index (κ3) is 6.38. The molecule has 0 fully saturated rings. The number of hydrogen-bond acceptors (Lipinski definition) is 2. The second kappa shape index (κ2) is 7.28. The average molecular weight is 292 g/mol. The molecule has 0 bridgehead atoms. The summed E-state index contributed by atoms with van der Waals surface area (Å²) in [7, 11) is 0. The fraction of sp³-hybridized carbons (Fsp3) is 0.462. The first-order valence-electron chi connectivity index (χ1n) is 5.88. The van der Waals surface area contributed by atoms with Gasteiger partial charge in [-0.05, 0) is 18.6 Å². The van der Waals surface area contributed by atoms with Crippen LogP contribution in [0.4, 0.5) is 13.6 Å². The fourth-order valence-corrected chi connectivity index (χ4v) is 1.59. The van der Waals surface area contributed by atoms with Gasteiger partial charge < -0.3 is 9.64 Å². The molecule has 0 N–H and O–H groups in total. The van der Waals surface area contributed by atoms with Crippen LogP contribution >= 0.6 is 11.6 Å². The number of halogens is 3. The van der Waals surface area contributed by atoms with Crippen LogP contribution in [0.1, 0.15) is 13.3 Å². The number of para-hydroxylation sites is 1. The largest absolute Gasteiger partial charge is 0.415 e. The molecule has 106 valence electrons. The van der Waals surface area contributed by atoms with Crippen LogP contribution in [-0.2, 0) is 0 Å². The highest BCUT2D eigenvalue weighted by atomic mass is 35.5. The van der Waals surface area contributed by atoms with Gasteiger partial charge in [-0.3, -0.25) is 0 Å². The lowest BCUT2D eigenvalue weighted by atomic mass is 10.3. The van der Waals surface area contributed by atoms with E-state index in [2.05, 4.69) is 0 Å². The number of nitrogens with zero attached hydrogens (tertiary/aromatic N) is 1. The van der Waals surface area contributed by atoms with Crippen LogP contribution in [0, 0.1) is 0 Å². The van der Waals surface area contributed by atoms with Crippen molar-refractivity contribution in [2.75, 3.05) is 19.0 Å². The molecule has 0 radical (unpaired) electrons. The number of carbonyl (C=O) groups is 1. The van der Waals surface area contributed by atoms with Crippen molar-refractivity contribution in [2.24, 2.45) is 0 Å². The van der Waals surface area contributed by atoms with E-state index in [1.807, 2.05) is 0 Å². The van der Waals surface area contributed by atoms with Gasteiger partial charge in [0.2, 0.25) is 0 Å². The van der Waals surface area contributed by atoms with Crippen LogP contribution in [0.2, 0.25) is 0 Å². The van der Waals surface area contributed by atoms with Crippen LogP contribution in [-0.4, -0.2) is 35.9 Å². The number of hydrogen-bond donors (Lipinski definition) is 0. The first kappa shape index (κ1) is 15.7. The number of amides is 1. The van der Waals surface area contributed by atoms with Crippen molar-refractivity contribution in [3.63, 3.8) is 0 Å². The zero-order chi connectivity index (χ0) is 14.3. The molecule has 1 aromatic rings. The lowest BCUT2D eigenvalue weighted by Gasteiger charge is -2.24. The molecule has 0 aromatic heterocycles. The predicted octanol–water partition coefficient (Wildman–Crippen LogP) is 3.77. The molecule has 0 saturated carbocycles. The maximum Gasteiger partial charge on any atom is 0.415 e. The van der Waals surface area contributed by atoms with Gasteiger partial charge in [-0.2, -0.15) is 0 Å². The molecule has 0 aliphatic carbocycles. The molecule has 0 unspecified atom stereocenters. The van der Waals surface area contributed by atoms with E-state index in [1.165, 1.54) is 0 Å². The molecule has 6 heteroatoms. The van der Waals surface area contributed by atoms with Crippen molar-refractivity contribution < 1.29 is 18.3 Å². The average Bonchev–Trinajstić information content (AvgIpc) is 2.34. The van der Waals surface area contributed by atoms with Crippen molar-refractivity contribution >= 4 is 17.7 Å². The predicted molar refractivity (Wildman–Crippen MR) is 70.0 cm³/mol. The number of benzene rings is 1. The second-order valence-electron chi connectivity index (χ2n) is 4.22. The normalized spacial score (nSPS) is 11.2. The highest BCUT2D eigenvalue weighted by molar-refractivity contribution is 6.17. The topological polar surface area (TPSA) is 29.5 Å². The van der Waals surface area contributed by atoms with E-state index >= 15 is 0 Å². The maximum atomic E-state index is 13.0. The summed E-state index contributed by atoms with van der Waals surface area (Å²) in [6, 6.07) is 8.33. The molecule has 19 heavy (non-hydrogen) atoms. The summed E-state index contributed by atoms with van der Waals surface area (Å²) in [4.78, 5) is 12.8. The van der Waals surface area contributed by atoms with E-state index < -0.39 is 18.6 Å². The third-order valence-corrected chi connectivity index (χ3v) is 2.50. The van der Waals surface area contributed by atoms with Crippen molar-refractivity contribution in [1.82, 2.24) is 4.90 Å². The Morgan fingerprint density at radius 1 is 1.37 bits per heavy atom. The Balaban J connectivity index is 2.65. The van der Waals surface area contributed by atoms with E-state index in [-0.39, 0.29) is 6.54 Å². The standard InChI is InChI=1S/C13H16ClF2NO2/c1-13(15,16)10-17(9-5-8-14)12(18)19-11-6-3-2-4-7-11/h2-4,6-7H,5,8-10H2,1H3. The first-order valence-corrected chi connectivity index (χ1v) is 6.41. The van der Waals surface area contributed by atoms with Crippen molar-refractivity contribution in [3.05, 3.63) is 30.3 Å². The van der Waals surface area contributed by atoms with Crippen LogP contribution in [0.15, 0.2) is 30.3 Å². The van der Waals surface area contributed by atoms with Crippen LogP contribution in [0.25, 0.3) is 0 Å². The van der Waals surface area contributed by atoms with Crippen molar-refractivity contribution in [1.29, 1.82) is 0 Å². The quantitative estimate of drug-likeness (QED) is 0.747. The summed E-state index contributed by atoms with van der Waals surface area (Å²) in [5, 5.41) is 0. The van der Waals surface area contributed by atoms with Gasteiger partial charge >= 0.3 is 6.09 Å². The summed E-state index contributed by atoms with van der Waals surface area (Å²) in [5.41, 5.74) is 0. The zero-order valence-corrected chi connectivity index (χ0v) is 11.4. The molecular weight excluding hydrogens is 276 g/mol. The van der Waals surface area contributed by atoms with Crippen molar-refractivity contribution in [2.45, 2.75) is 19.3 Å². The SMILES string of the molecule is CC(F)(F)CN(CCCCl)C(=O)Oc1ccccc1. The number of ether oxygens (including phenoxy) is 1. The first-order chi connectivity index (χ1) is 8.92. The summed E-state index contributed by atoms with van der Waals surface area (Å²) in [6.07, 6.45) is -0.362. The Bertz CT molecular complexity index is 395. The molecule has 0 atom stereocenters. The summed E-state index contributed by atoms with van der Waals surface area (Å²) >= 11 is 5.52. The molecule has 0 heterocycles. The Labute approximate surface area is 116 Å². The molecule has 0 aliphatic heterocycles. The van der Waals surface area contributed by atoms with E-state index in [4.69, 9.17) is 16.3 Å². The fourth-order valence-electron chi connectivity index (χ4n) is 1.47. The molecule has 0 aliphatic rings. The van der Waals surface area contributed by atoms with Crippen molar-refractivity contribution in [3.8, 4) is 5.75 Å². The van der Waals surface area contributed by atoms with E-state index in [0.717, 1.165) is 11.8 Å². The maximum absolute atomic E-state index is 13.0. The van der Waals surface area contributed by atoms with E-state index in [9.17, 15) is 13.6 Å². The molecule has 1 rings (SSSR count). The number of carbonyl (C=O) groups excluding carboxylic acids is 1. The molecule has 0 saturated heterocycles. The van der Waals surface area contributed by atoms with Crippen LogP contribution < -0.4 is 4.74 Å². The Morgan fingerprint density at radius 2 is 2.00 bits per heavy atom. The molecule has 1 amide bonds. The highest BCUT2D eigenvalue weighted by Crippen LogP contribution is 2.16. The summed E-state index contributed by atoms with van der Waals surface area (Å²) in [5.74, 6) is -2.35. The van der Waals surface area contributed by atoms with Gasteiger partial charge in [0.25, 0.3) is 5.92 Å². The molecular formula is C13H16ClF2NO2. The second-order valence-corrected chi connectivity index (χ2v) is 4.59. The molecule has 3 nitrogen and oxygen atoms in total. The minimum Gasteiger partial charge on any atom is -0.410 e. The highest BCUT2D eigenvalue weighted by Gasteiger charge is 2.28. The number of rotatable bonds is 6. The minimum atomic E-state index is -2.97. The smallest absolute Gasteiger partial charge is 0.410 e. The summed E-state index contributed by atoms with van der Waals surface area (Å²) in [6.45, 7) is 0.213. The van der Waals surface area contributed by atoms with Gasteiger partial charge in [0.05, 0.1) is 6.54 Å². The Morgan fingerprint density at radius 3 is 2.53 bits per heavy atom. The van der Waals surface area contributed by atoms with E-state index in [0.29, 0.717) is 18.1 Å². The minimum absolute atomic E-state index is 0.137. The summed E-state index contributed by atoms with van der Waals surface area (Å²) < 4.78 is 31.1. The van der Waals surface area contributed by atoms with Gasteiger partial charge in [0.15, 0.2) is 0 Å². The van der Waals surface area contributed by atoms with Gasteiger partial charge in [0, 0.05) is 19.3 Å². The third-order valence-electron chi connectivity index (χ3n) is 2.24. The lowest BCUT2D eigenvalue weighted by molar-refractivity contribution is -0.00940. The van der Waals surface area contributed by atoms with Gasteiger partial charge in [-0.15, -0.1) is 11.6 Å². The molecule has 1 aromatic carbocycles. The van der Waals surface area contributed by atoms with E-state index in [1.54, 1.807) is 30.3 Å². The molecule has 0 spiro atoms. The van der Waals surface area contributed by atoms with Gasteiger partial charge in [0.1, 0.15) is 5.75 Å². The number of alkyl halides is 3. The zero-order valence-electron chi connectivity index (χ0n) is 10.6.